The van der Waals surface area contributed by atoms with Crippen LogP contribution in [0.1, 0.15) is 67.6 Å². The molecule has 1 heterocycles. The number of allylic oxidation sites excluding steroid dienone is 2. The number of rotatable bonds is 7. The van der Waals surface area contributed by atoms with Crippen molar-refractivity contribution in [2.45, 2.75) is 72.3 Å². The van der Waals surface area contributed by atoms with Gasteiger partial charge in [0.1, 0.15) is 0 Å². The van der Waals surface area contributed by atoms with E-state index in [0.717, 1.165) is 37.3 Å². The second-order valence-corrected chi connectivity index (χ2v) is 7.53. The van der Waals surface area contributed by atoms with Crippen LogP contribution in [0.15, 0.2) is 29.8 Å². The lowest BCUT2D eigenvalue weighted by atomic mass is 9.93. The first-order chi connectivity index (χ1) is 13.2. The summed E-state index contributed by atoms with van der Waals surface area (Å²) in [5, 5.41) is 3.31. The number of hydrogen-bond acceptors (Lipinski definition) is 3. The van der Waals surface area contributed by atoms with Gasteiger partial charge in [0.05, 0.1) is 5.69 Å². The van der Waals surface area contributed by atoms with Crippen LogP contribution < -0.4 is 5.32 Å². The highest BCUT2D eigenvalue weighted by molar-refractivity contribution is 5.66. The molecule has 0 fully saturated rings. The Morgan fingerprint density at radius 2 is 1.78 bits per heavy atom. The van der Waals surface area contributed by atoms with Gasteiger partial charge in [0.25, 0.3) is 0 Å². The van der Waals surface area contributed by atoms with E-state index in [0.29, 0.717) is 0 Å². The number of aromatic nitrogens is 2. The molecule has 144 valence electrons. The molecule has 1 aromatic heterocycles. The zero-order valence-electron chi connectivity index (χ0n) is 17.4. The molecule has 1 N–H and O–H groups in total. The summed E-state index contributed by atoms with van der Waals surface area (Å²) >= 11 is 0. The fourth-order valence-electron chi connectivity index (χ4n) is 4.13. The van der Waals surface area contributed by atoms with Crippen molar-refractivity contribution in [3.63, 3.8) is 0 Å². The molecule has 0 radical (unpaired) electrons. The second kappa shape index (κ2) is 9.27. The topological polar surface area (TPSA) is 37.8 Å². The minimum Gasteiger partial charge on any atom is -0.316 e. The summed E-state index contributed by atoms with van der Waals surface area (Å²) in [5.74, 6) is 0.910. The first-order valence-corrected chi connectivity index (χ1v) is 10.5. The number of nitrogens with zero attached hydrogens (tertiary/aromatic N) is 2. The Labute approximate surface area is 164 Å². The highest BCUT2D eigenvalue weighted by atomic mass is 14.9. The minimum atomic E-state index is 0.824. The van der Waals surface area contributed by atoms with Gasteiger partial charge in [0, 0.05) is 29.8 Å². The van der Waals surface area contributed by atoms with Crippen molar-refractivity contribution in [2.75, 3.05) is 7.05 Å². The summed E-state index contributed by atoms with van der Waals surface area (Å²) in [5.41, 5.74) is 9.06. The molecule has 3 rings (SSSR count). The molecule has 0 amide bonds. The van der Waals surface area contributed by atoms with E-state index in [1.54, 1.807) is 5.57 Å². The number of hydrogen-bond donors (Lipinski definition) is 1. The maximum Gasteiger partial charge on any atom is 0.160 e. The van der Waals surface area contributed by atoms with Crippen LogP contribution in [0.4, 0.5) is 0 Å². The van der Waals surface area contributed by atoms with Crippen LogP contribution in [0.25, 0.3) is 11.4 Å². The molecular formula is C24H33N3. The third-order valence-corrected chi connectivity index (χ3v) is 5.66. The molecule has 0 unspecified atom stereocenters. The quantitative estimate of drug-likeness (QED) is 0.675. The monoisotopic (exact) mass is 363 g/mol. The minimum absolute atomic E-state index is 0.824. The SMILES string of the molecule is CCc1cccc(CC)c1-c1nc(C)c(CNC)c(CC2=CCCCC2)n1. The molecule has 0 spiro atoms. The van der Waals surface area contributed by atoms with Gasteiger partial charge in [-0.3, -0.25) is 0 Å². The van der Waals surface area contributed by atoms with E-state index >= 15 is 0 Å². The Bertz CT molecular complexity index is 798. The van der Waals surface area contributed by atoms with Gasteiger partial charge in [-0.2, -0.15) is 0 Å². The highest BCUT2D eigenvalue weighted by Gasteiger charge is 2.18. The average molecular weight is 364 g/mol. The van der Waals surface area contributed by atoms with Crippen molar-refractivity contribution in [3.05, 3.63) is 57.9 Å². The van der Waals surface area contributed by atoms with Crippen LogP contribution in [0, 0.1) is 6.92 Å². The van der Waals surface area contributed by atoms with Gasteiger partial charge in [-0.25, -0.2) is 9.97 Å². The van der Waals surface area contributed by atoms with Crippen LogP contribution >= 0.6 is 0 Å². The fraction of sp³-hybridized carbons (Fsp3) is 0.500. The van der Waals surface area contributed by atoms with E-state index < -0.39 is 0 Å². The Hall–Kier alpha value is -2.00. The Kier molecular flexibility index (Phi) is 6.78. The maximum absolute atomic E-state index is 5.14. The van der Waals surface area contributed by atoms with E-state index in [9.17, 15) is 0 Å². The van der Waals surface area contributed by atoms with Gasteiger partial charge in [-0.15, -0.1) is 0 Å². The van der Waals surface area contributed by atoms with Crippen molar-refractivity contribution in [1.29, 1.82) is 0 Å². The lowest BCUT2D eigenvalue weighted by Gasteiger charge is -2.19. The van der Waals surface area contributed by atoms with Gasteiger partial charge in [0.15, 0.2) is 5.82 Å². The molecule has 1 aliphatic rings. The van der Waals surface area contributed by atoms with Crippen LogP contribution in [0.3, 0.4) is 0 Å². The van der Waals surface area contributed by atoms with Crippen LogP contribution in [-0.4, -0.2) is 17.0 Å². The molecule has 1 aromatic carbocycles. The highest BCUT2D eigenvalue weighted by Crippen LogP contribution is 2.29. The third kappa shape index (κ3) is 4.47. The Morgan fingerprint density at radius 3 is 2.37 bits per heavy atom. The van der Waals surface area contributed by atoms with E-state index in [1.165, 1.54) is 53.6 Å². The van der Waals surface area contributed by atoms with Crippen LogP contribution in [0.5, 0.6) is 0 Å². The second-order valence-electron chi connectivity index (χ2n) is 7.53. The van der Waals surface area contributed by atoms with E-state index in [1.807, 2.05) is 7.05 Å². The van der Waals surface area contributed by atoms with Crippen molar-refractivity contribution < 1.29 is 0 Å². The van der Waals surface area contributed by atoms with Gasteiger partial charge >= 0.3 is 0 Å². The van der Waals surface area contributed by atoms with E-state index in [2.05, 4.69) is 50.4 Å². The fourth-order valence-corrected chi connectivity index (χ4v) is 4.13. The summed E-state index contributed by atoms with van der Waals surface area (Å²) in [6, 6.07) is 6.60. The molecule has 0 saturated carbocycles. The van der Waals surface area contributed by atoms with E-state index in [-0.39, 0.29) is 0 Å². The van der Waals surface area contributed by atoms with Gasteiger partial charge in [0.2, 0.25) is 0 Å². The maximum atomic E-state index is 5.14. The first kappa shape index (κ1) is 19.8. The van der Waals surface area contributed by atoms with Gasteiger partial charge in [-0.05, 0) is 63.6 Å². The standard InChI is InChI=1S/C24H33N3/c1-5-19-13-10-14-20(6-2)23(19)24-26-17(3)21(16-25-4)22(27-24)15-18-11-8-7-9-12-18/h10-11,13-14,25H,5-9,12,15-16H2,1-4H3. The predicted octanol–water partition coefficient (Wildman–Crippen LogP) is 5.34. The zero-order valence-corrected chi connectivity index (χ0v) is 17.4. The largest absolute Gasteiger partial charge is 0.316 e. The predicted molar refractivity (Wildman–Crippen MR) is 114 cm³/mol. The zero-order chi connectivity index (χ0) is 19.2. The summed E-state index contributed by atoms with van der Waals surface area (Å²) < 4.78 is 0. The van der Waals surface area contributed by atoms with E-state index in [4.69, 9.17) is 9.97 Å². The molecule has 27 heavy (non-hydrogen) atoms. The van der Waals surface area contributed by atoms with Gasteiger partial charge < -0.3 is 5.32 Å². The van der Waals surface area contributed by atoms with Gasteiger partial charge in [-0.1, -0.05) is 43.7 Å². The summed E-state index contributed by atoms with van der Waals surface area (Å²) in [6.07, 6.45) is 10.5. The van der Waals surface area contributed by atoms with Crippen molar-refractivity contribution >= 4 is 0 Å². The average Bonchev–Trinajstić information content (AvgIpc) is 2.70. The Balaban J connectivity index is 2.11. The molecule has 3 nitrogen and oxygen atoms in total. The molecule has 0 saturated heterocycles. The number of nitrogens with one attached hydrogen (secondary N) is 1. The van der Waals surface area contributed by atoms with Crippen LogP contribution in [-0.2, 0) is 25.8 Å². The molecule has 0 aliphatic heterocycles. The molecule has 0 bridgehead atoms. The lowest BCUT2D eigenvalue weighted by molar-refractivity contribution is 0.681. The normalized spacial score (nSPS) is 14.3. The number of benzene rings is 1. The smallest absolute Gasteiger partial charge is 0.160 e. The summed E-state index contributed by atoms with van der Waals surface area (Å²) in [4.78, 5) is 10.1. The lowest BCUT2D eigenvalue weighted by Crippen LogP contribution is -2.15. The van der Waals surface area contributed by atoms with Crippen molar-refractivity contribution in [2.24, 2.45) is 0 Å². The Morgan fingerprint density at radius 1 is 1.04 bits per heavy atom. The molecular weight excluding hydrogens is 330 g/mol. The molecule has 1 aliphatic carbocycles. The third-order valence-electron chi connectivity index (χ3n) is 5.66. The van der Waals surface area contributed by atoms with Crippen molar-refractivity contribution in [1.82, 2.24) is 15.3 Å². The van der Waals surface area contributed by atoms with Crippen LogP contribution in [0.2, 0.25) is 0 Å². The number of aryl methyl sites for hydroxylation is 3. The molecule has 0 atom stereocenters. The molecule has 2 aromatic rings. The molecule has 3 heteroatoms. The van der Waals surface area contributed by atoms with Crippen molar-refractivity contribution in [3.8, 4) is 11.4 Å². The summed E-state index contributed by atoms with van der Waals surface area (Å²) in [7, 11) is 2.00. The summed E-state index contributed by atoms with van der Waals surface area (Å²) in [6.45, 7) is 7.39. The first-order valence-electron chi connectivity index (χ1n) is 10.5.